The third kappa shape index (κ3) is 2.49. The Hall–Kier alpha value is -2.35. The normalized spacial score (nSPS) is 16.8. The Morgan fingerprint density at radius 3 is 2.24 bits per heavy atom. The van der Waals surface area contributed by atoms with Gasteiger partial charge in [0.05, 0.1) is 11.4 Å². The summed E-state index contributed by atoms with van der Waals surface area (Å²) in [4.78, 5) is 8.26. The first kappa shape index (κ1) is 13.6. The molecule has 2 heterocycles. The molecule has 2 heteroatoms. The number of benzene rings is 1. The average Bonchev–Trinajstić information content (AvgIpc) is 2.94. The Kier molecular flexibility index (Phi) is 3.38. The molecule has 1 N–H and O–H groups in total. The van der Waals surface area contributed by atoms with E-state index in [1.54, 1.807) is 0 Å². The molecular formula is C19H20N2. The van der Waals surface area contributed by atoms with Crippen molar-refractivity contribution in [1.82, 2.24) is 4.98 Å². The molecule has 1 aliphatic rings. The summed E-state index contributed by atoms with van der Waals surface area (Å²) in [7, 11) is 0. The molecule has 0 unspecified atom stereocenters. The lowest BCUT2D eigenvalue weighted by atomic mass is 9.96. The van der Waals surface area contributed by atoms with Crippen LogP contribution in [0.1, 0.15) is 36.4 Å². The van der Waals surface area contributed by atoms with Gasteiger partial charge < -0.3 is 4.98 Å². The van der Waals surface area contributed by atoms with Crippen LogP contribution in [0, 0.1) is 13.8 Å². The van der Waals surface area contributed by atoms with Crippen molar-refractivity contribution in [3.05, 3.63) is 76.3 Å². The first-order valence-corrected chi connectivity index (χ1v) is 7.26. The molecule has 2 nitrogen and oxygen atoms in total. The average molecular weight is 276 g/mol. The third-order valence-corrected chi connectivity index (χ3v) is 3.79. The number of hydrogen-bond donors (Lipinski definition) is 1. The van der Waals surface area contributed by atoms with Gasteiger partial charge in [0, 0.05) is 17.0 Å². The molecule has 0 radical (unpaired) electrons. The maximum absolute atomic E-state index is 4.76. The first-order chi connectivity index (χ1) is 10.1. The van der Waals surface area contributed by atoms with Gasteiger partial charge in [-0.3, -0.25) is 4.99 Å². The lowest BCUT2D eigenvalue weighted by molar-refractivity contribution is 1.21. The molecule has 0 fully saturated rings. The van der Waals surface area contributed by atoms with Crippen LogP contribution in [0.25, 0.3) is 5.57 Å². The van der Waals surface area contributed by atoms with Crippen LogP contribution in [0.5, 0.6) is 0 Å². The van der Waals surface area contributed by atoms with Crippen molar-refractivity contribution in [1.29, 1.82) is 0 Å². The minimum absolute atomic E-state index is 1.07. The zero-order valence-corrected chi connectivity index (χ0v) is 13.0. The zero-order chi connectivity index (χ0) is 15.0. The summed E-state index contributed by atoms with van der Waals surface area (Å²) in [5, 5.41) is 0. The van der Waals surface area contributed by atoms with Gasteiger partial charge >= 0.3 is 0 Å². The van der Waals surface area contributed by atoms with Crippen molar-refractivity contribution in [2.75, 3.05) is 0 Å². The molecule has 0 bridgehead atoms. The van der Waals surface area contributed by atoms with Crippen LogP contribution in [0.2, 0.25) is 0 Å². The minimum Gasteiger partial charge on any atom is -0.358 e. The predicted molar refractivity (Wildman–Crippen MR) is 89.6 cm³/mol. The van der Waals surface area contributed by atoms with Crippen molar-refractivity contribution >= 4 is 11.3 Å². The van der Waals surface area contributed by atoms with Gasteiger partial charge in [-0.05, 0) is 56.5 Å². The van der Waals surface area contributed by atoms with E-state index < -0.39 is 0 Å². The molecule has 1 aliphatic heterocycles. The van der Waals surface area contributed by atoms with Crippen LogP contribution in [0.4, 0.5) is 0 Å². The number of aliphatic imine (C=N–C) groups is 1. The van der Waals surface area contributed by atoms with E-state index in [2.05, 4.69) is 62.2 Å². The van der Waals surface area contributed by atoms with Crippen LogP contribution < -0.4 is 0 Å². The molecule has 3 rings (SSSR count). The van der Waals surface area contributed by atoms with Crippen LogP contribution >= 0.6 is 0 Å². The van der Waals surface area contributed by atoms with Crippen molar-refractivity contribution in [2.24, 2.45) is 4.99 Å². The minimum atomic E-state index is 1.07. The molecule has 21 heavy (non-hydrogen) atoms. The van der Waals surface area contributed by atoms with Crippen LogP contribution in [-0.2, 0) is 0 Å². The van der Waals surface area contributed by atoms with E-state index >= 15 is 0 Å². The summed E-state index contributed by atoms with van der Waals surface area (Å²) >= 11 is 0. The molecule has 1 aromatic carbocycles. The van der Waals surface area contributed by atoms with Crippen LogP contribution in [0.15, 0.2) is 58.7 Å². The summed E-state index contributed by atoms with van der Waals surface area (Å²) in [6.45, 7) is 8.41. The molecule has 2 aromatic rings. The fourth-order valence-electron chi connectivity index (χ4n) is 2.92. The molecule has 0 saturated carbocycles. The molecule has 0 saturated heterocycles. The van der Waals surface area contributed by atoms with Gasteiger partial charge in [-0.25, -0.2) is 0 Å². The summed E-state index contributed by atoms with van der Waals surface area (Å²) in [6.07, 6.45) is 2.14. The number of hydrogen-bond acceptors (Lipinski definition) is 1. The van der Waals surface area contributed by atoms with E-state index in [4.69, 9.17) is 4.99 Å². The Morgan fingerprint density at radius 2 is 1.71 bits per heavy atom. The van der Waals surface area contributed by atoms with E-state index in [-0.39, 0.29) is 0 Å². The number of aryl methyl sites for hydroxylation is 2. The van der Waals surface area contributed by atoms with Gasteiger partial charge in [0.25, 0.3) is 0 Å². The van der Waals surface area contributed by atoms with Gasteiger partial charge in [0.1, 0.15) is 0 Å². The summed E-state index contributed by atoms with van der Waals surface area (Å²) in [5.41, 5.74) is 9.34. The molecule has 1 aromatic heterocycles. The Labute approximate surface area is 125 Å². The van der Waals surface area contributed by atoms with Gasteiger partial charge in [-0.1, -0.05) is 30.3 Å². The summed E-state index contributed by atoms with van der Waals surface area (Å²) in [6, 6.07) is 12.7. The number of nitrogens with one attached hydrogen (secondary N) is 1. The highest BCUT2D eigenvalue weighted by atomic mass is 14.8. The second kappa shape index (κ2) is 5.21. The van der Waals surface area contributed by atoms with Gasteiger partial charge in [0.15, 0.2) is 0 Å². The quantitative estimate of drug-likeness (QED) is 0.815. The maximum atomic E-state index is 4.76. The van der Waals surface area contributed by atoms with E-state index in [9.17, 15) is 0 Å². The van der Waals surface area contributed by atoms with E-state index in [1.807, 2.05) is 13.0 Å². The number of allylic oxidation sites excluding steroid dienone is 2. The summed E-state index contributed by atoms with van der Waals surface area (Å²) in [5.74, 6) is 0. The smallest absolute Gasteiger partial charge is 0.0761 e. The fraction of sp³-hybridized carbons (Fsp3) is 0.211. The SMILES string of the molecule is CC1=CC(C)=NC1=C(c1ccccc1)c1[nH]c(C)cc1C. The van der Waals surface area contributed by atoms with E-state index in [0.29, 0.717) is 0 Å². The lowest BCUT2D eigenvalue weighted by Crippen LogP contribution is -1.96. The lowest BCUT2D eigenvalue weighted by Gasteiger charge is -2.12. The molecule has 0 atom stereocenters. The molecule has 0 aliphatic carbocycles. The van der Waals surface area contributed by atoms with Gasteiger partial charge in [-0.2, -0.15) is 0 Å². The van der Waals surface area contributed by atoms with Crippen LogP contribution in [0.3, 0.4) is 0 Å². The van der Waals surface area contributed by atoms with Gasteiger partial charge in [-0.15, -0.1) is 0 Å². The van der Waals surface area contributed by atoms with Gasteiger partial charge in [0.2, 0.25) is 0 Å². The number of nitrogens with zero attached hydrogens (tertiary/aromatic N) is 1. The van der Waals surface area contributed by atoms with Crippen LogP contribution in [-0.4, -0.2) is 10.7 Å². The predicted octanol–water partition coefficient (Wildman–Crippen LogP) is 4.81. The molecule has 0 spiro atoms. The molecule has 106 valence electrons. The number of H-pyrrole nitrogens is 1. The number of aromatic amines is 1. The second-order valence-electron chi connectivity index (χ2n) is 5.68. The highest BCUT2D eigenvalue weighted by Crippen LogP contribution is 2.34. The third-order valence-electron chi connectivity index (χ3n) is 3.79. The second-order valence-corrected chi connectivity index (χ2v) is 5.68. The number of rotatable bonds is 2. The Morgan fingerprint density at radius 1 is 1.00 bits per heavy atom. The number of aromatic nitrogens is 1. The standard InChI is InChI=1S/C19H20N2/c1-12-10-14(3)20-18(12)17(16-8-6-5-7-9-16)19-13(2)11-15(4)21-19/h5-11,20H,1-4H3. The van der Waals surface area contributed by atoms with E-state index in [0.717, 1.165) is 11.4 Å². The zero-order valence-electron chi connectivity index (χ0n) is 13.0. The first-order valence-electron chi connectivity index (χ1n) is 7.26. The Balaban J connectivity index is 2.30. The fourth-order valence-corrected chi connectivity index (χ4v) is 2.92. The largest absolute Gasteiger partial charge is 0.358 e. The van der Waals surface area contributed by atoms with Crippen molar-refractivity contribution in [2.45, 2.75) is 27.7 Å². The molecular weight excluding hydrogens is 256 g/mol. The van der Waals surface area contributed by atoms with E-state index in [1.165, 1.54) is 33.7 Å². The monoisotopic (exact) mass is 276 g/mol. The highest BCUT2D eigenvalue weighted by molar-refractivity contribution is 6.00. The maximum Gasteiger partial charge on any atom is 0.0761 e. The molecule has 0 amide bonds. The van der Waals surface area contributed by atoms with Crippen molar-refractivity contribution in [3.8, 4) is 0 Å². The van der Waals surface area contributed by atoms with Crippen molar-refractivity contribution in [3.63, 3.8) is 0 Å². The Bertz CT molecular complexity index is 771. The summed E-state index contributed by atoms with van der Waals surface area (Å²) < 4.78 is 0. The highest BCUT2D eigenvalue weighted by Gasteiger charge is 2.19. The topological polar surface area (TPSA) is 28.1 Å². The van der Waals surface area contributed by atoms with Crippen molar-refractivity contribution < 1.29 is 0 Å².